The van der Waals surface area contributed by atoms with Gasteiger partial charge in [-0.25, -0.2) is 0 Å². The number of amides is 1. The third-order valence-corrected chi connectivity index (χ3v) is 2.70. The molecule has 16 heavy (non-hydrogen) atoms. The van der Waals surface area contributed by atoms with E-state index in [0.29, 0.717) is 0 Å². The highest BCUT2D eigenvalue weighted by Crippen LogP contribution is 2.31. The van der Waals surface area contributed by atoms with Gasteiger partial charge in [0.05, 0.1) is 24.5 Å². The molecule has 1 heterocycles. The molecule has 0 saturated carbocycles. The first-order chi connectivity index (χ1) is 7.59. The Morgan fingerprint density at radius 3 is 2.56 bits per heavy atom. The summed E-state index contributed by atoms with van der Waals surface area (Å²) in [5.41, 5.74) is 1.81. The molecule has 0 fully saturated rings. The fraction of sp³-hybridized carbons (Fsp3) is 0.333. The number of nitrogens with zero attached hydrogens (tertiary/aromatic N) is 2. The first-order valence-corrected chi connectivity index (χ1v) is 5.19. The summed E-state index contributed by atoms with van der Waals surface area (Å²) in [7, 11) is 1.76. The predicted molar refractivity (Wildman–Crippen MR) is 62.7 cm³/mol. The molecule has 1 amide bonds. The van der Waals surface area contributed by atoms with E-state index in [1.54, 1.807) is 11.9 Å². The van der Waals surface area contributed by atoms with Crippen LogP contribution in [0.15, 0.2) is 24.3 Å². The highest BCUT2D eigenvalue weighted by Gasteiger charge is 2.26. The number of anilines is 2. The average molecular weight is 218 g/mol. The molecule has 0 atom stereocenters. The molecule has 0 aliphatic carbocycles. The second-order valence-corrected chi connectivity index (χ2v) is 4.00. The van der Waals surface area contributed by atoms with Gasteiger partial charge in [-0.2, -0.15) is 0 Å². The summed E-state index contributed by atoms with van der Waals surface area (Å²) in [5, 5.41) is 0. The van der Waals surface area contributed by atoms with Gasteiger partial charge in [-0.15, -0.1) is 0 Å². The minimum Gasteiger partial charge on any atom is -0.353 e. The molecule has 1 aromatic carbocycles. The van der Waals surface area contributed by atoms with Crippen LogP contribution in [-0.4, -0.2) is 31.8 Å². The summed E-state index contributed by atoms with van der Waals surface area (Å²) in [4.78, 5) is 26.3. The Kier molecular flexibility index (Phi) is 2.64. The van der Waals surface area contributed by atoms with E-state index in [-0.39, 0.29) is 24.8 Å². The summed E-state index contributed by atoms with van der Waals surface area (Å²) >= 11 is 0. The number of hydrogen-bond donors (Lipinski definition) is 0. The summed E-state index contributed by atoms with van der Waals surface area (Å²) in [6, 6.07) is 7.62. The van der Waals surface area contributed by atoms with Crippen molar-refractivity contribution in [1.29, 1.82) is 0 Å². The van der Waals surface area contributed by atoms with Crippen LogP contribution in [0, 0.1) is 0 Å². The molecule has 4 nitrogen and oxygen atoms in total. The fourth-order valence-corrected chi connectivity index (χ4v) is 1.91. The van der Waals surface area contributed by atoms with Crippen molar-refractivity contribution >= 4 is 23.1 Å². The number of fused-ring (bicyclic) bond motifs is 1. The zero-order chi connectivity index (χ0) is 11.7. The number of para-hydroxylation sites is 2. The molecule has 0 spiro atoms. The largest absolute Gasteiger partial charge is 0.353 e. The Balaban J connectivity index is 2.40. The van der Waals surface area contributed by atoms with Crippen LogP contribution in [0.2, 0.25) is 0 Å². The van der Waals surface area contributed by atoms with Crippen molar-refractivity contribution in [3.63, 3.8) is 0 Å². The Morgan fingerprint density at radius 1 is 1.31 bits per heavy atom. The number of hydrogen-bond acceptors (Lipinski definition) is 3. The predicted octanol–water partition coefficient (Wildman–Crippen LogP) is 1.06. The van der Waals surface area contributed by atoms with Gasteiger partial charge in [-0.1, -0.05) is 12.1 Å². The van der Waals surface area contributed by atoms with Gasteiger partial charge < -0.3 is 9.80 Å². The summed E-state index contributed by atoms with van der Waals surface area (Å²) < 4.78 is 0. The smallest absolute Gasteiger partial charge is 0.246 e. The molecule has 0 saturated heterocycles. The number of rotatable bonds is 2. The molecular formula is C12H14N2O2. The number of carbonyl (C=O) groups excluding carboxylic acids is 2. The van der Waals surface area contributed by atoms with E-state index in [1.807, 2.05) is 29.2 Å². The average Bonchev–Trinajstić information content (AvgIpc) is 2.25. The standard InChI is InChI=1S/C12H14N2O2/c1-9(15)7-14-8-12(16)13(2)10-5-3-4-6-11(10)14/h3-6H,7-8H2,1-2H3. The normalized spacial score (nSPS) is 15.0. The Bertz CT molecular complexity index is 442. The molecule has 1 aliphatic rings. The minimum absolute atomic E-state index is 0.0138. The van der Waals surface area contributed by atoms with Crippen LogP contribution in [0.1, 0.15) is 6.92 Å². The molecule has 4 heteroatoms. The van der Waals surface area contributed by atoms with E-state index in [1.165, 1.54) is 6.92 Å². The summed E-state index contributed by atoms with van der Waals surface area (Å²) in [6.45, 7) is 2.09. The van der Waals surface area contributed by atoms with Crippen LogP contribution in [0.25, 0.3) is 0 Å². The van der Waals surface area contributed by atoms with Crippen LogP contribution in [0.4, 0.5) is 11.4 Å². The van der Waals surface area contributed by atoms with Crippen molar-refractivity contribution in [2.75, 3.05) is 29.9 Å². The van der Waals surface area contributed by atoms with Crippen molar-refractivity contribution in [1.82, 2.24) is 0 Å². The fourth-order valence-electron chi connectivity index (χ4n) is 1.91. The van der Waals surface area contributed by atoms with Gasteiger partial charge in [0.1, 0.15) is 5.78 Å². The maximum Gasteiger partial charge on any atom is 0.246 e. The van der Waals surface area contributed by atoms with E-state index in [0.717, 1.165) is 11.4 Å². The summed E-state index contributed by atoms with van der Waals surface area (Å²) in [5.74, 6) is 0.0760. The van der Waals surface area contributed by atoms with Crippen LogP contribution < -0.4 is 9.80 Å². The SMILES string of the molecule is CC(=O)CN1CC(=O)N(C)c2ccccc21. The highest BCUT2D eigenvalue weighted by atomic mass is 16.2. The van der Waals surface area contributed by atoms with Gasteiger partial charge in [-0.05, 0) is 19.1 Å². The van der Waals surface area contributed by atoms with Gasteiger partial charge >= 0.3 is 0 Å². The number of Topliss-reactive ketones (excluding diaryl/α,β-unsaturated/α-hetero) is 1. The van der Waals surface area contributed by atoms with Gasteiger partial charge in [0.15, 0.2) is 0 Å². The maximum atomic E-state index is 11.7. The second kappa shape index (κ2) is 3.96. The van der Waals surface area contributed by atoms with Crippen LogP contribution >= 0.6 is 0 Å². The zero-order valence-electron chi connectivity index (χ0n) is 9.43. The Labute approximate surface area is 94.5 Å². The van der Waals surface area contributed by atoms with E-state index in [9.17, 15) is 9.59 Å². The lowest BCUT2D eigenvalue weighted by Gasteiger charge is -2.34. The van der Waals surface area contributed by atoms with Crippen LogP contribution in [0.5, 0.6) is 0 Å². The van der Waals surface area contributed by atoms with Crippen LogP contribution in [0.3, 0.4) is 0 Å². The number of likely N-dealkylation sites (N-methyl/N-ethyl adjacent to an activating group) is 1. The van der Waals surface area contributed by atoms with Crippen molar-refractivity contribution in [3.05, 3.63) is 24.3 Å². The van der Waals surface area contributed by atoms with Crippen molar-refractivity contribution in [2.45, 2.75) is 6.92 Å². The molecule has 1 aliphatic heterocycles. The lowest BCUT2D eigenvalue weighted by atomic mass is 10.1. The number of ketones is 1. The topological polar surface area (TPSA) is 40.6 Å². The lowest BCUT2D eigenvalue weighted by molar-refractivity contribution is -0.117. The van der Waals surface area contributed by atoms with Crippen LogP contribution in [-0.2, 0) is 9.59 Å². The van der Waals surface area contributed by atoms with E-state index in [2.05, 4.69) is 0 Å². The molecule has 0 bridgehead atoms. The number of benzene rings is 1. The Hall–Kier alpha value is -1.84. The molecule has 84 valence electrons. The minimum atomic E-state index is 0.0138. The third-order valence-electron chi connectivity index (χ3n) is 2.70. The zero-order valence-corrected chi connectivity index (χ0v) is 9.43. The van der Waals surface area contributed by atoms with Gasteiger partial charge in [0, 0.05) is 7.05 Å². The molecule has 0 N–H and O–H groups in total. The van der Waals surface area contributed by atoms with Gasteiger partial charge in [-0.3, -0.25) is 9.59 Å². The maximum absolute atomic E-state index is 11.7. The first-order valence-electron chi connectivity index (χ1n) is 5.19. The van der Waals surface area contributed by atoms with Crippen molar-refractivity contribution in [2.24, 2.45) is 0 Å². The molecular weight excluding hydrogens is 204 g/mol. The molecule has 0 unspecified atom stereocenters. The number of carbonyl (C=O) groups is 2. The Morgan fingerprint density at radius 2 is 1.94 bits per heavy atom. The van der Waals surface area contributed by atoms with E-state index >= 15 is 0 Å². The molecule has 1 aromatic rings. The molecule has 0 aromatic heterocycles. The van der Waals surface area contributed by atoms with E-state index in [4.69, 9.17) is 0 Å². The quantitative estimate of drug-likeness (QED) is 0.745. The monoisotopic (exact) mass is 218 g/mol. The molecule has 2 rings (SSSR count). The highest BCUT2D eigenvalue weighted by molar-refractivity contribution is 6.03. The molecule has 0 radical (unpaired) electrons. The second-order valence-electron chi connectivity index (χ2n) is 4.00. The van der Waals surface area contributed by atoms with Gasteiger partial charge in [0.2, 0.25) is 5.91 Å². The van der Waals surface area contributed by atoms with Crippen molar-refractivity contribution in [3.8, 4) is 0 Å². The van der Waals surface area contributed by atoms with E-state index < -0.39 is 0 Å². The summed E-state index contributed by atoms with van der Waals surface area (Å²) in [6.07, 6.45) is 0. The van der Waals surface area contributed by atoms with Gasteiger partial charge in [0.25, 0.3) is 0 Å². The first kappa shape index (κ1) is 10.7. The lowest BCUT2D eigenvalue weighted by Crippen LogP contribution is -2.45. The third kappa shape index (κ3) is 1.78. The van der Waals surface area contributed by atoms with Crippen molar-refractivity contribution < 1.29 is 9.59 Å².